The first-order chi connectivity index (χ1) is 19.1. The second-order valence-electron chi connectivity index (χ2n) is 10.1. The van der Waals surface area contributed by atoms with Crippen LogP contribution in [0.2, 0.25) is 0 Å². The number of Topliss-reactive ketones (excluding diaryl/α,β-unsaturated/α-hetero) is 1. The van der Waals surface area contributed by atoms with E-state index in [1.165, 1.54) is 50.6 Å². The molecule has 0 spiro atoms. The molecule has 40 heavy (non-hydrogen) atoms. The standard InChI is InChI=1S/C30H28O10/c1-37-19-7-3-17(4-8-19)27(33)39-15-29(35)23-13-11-22(26(29)32)21-12-14-24(31)30(36,25(21)23)16-40-28(34)18-5-9-20(38-2)10-6-18/h3-14,21-23,25,35-36H,15-16H2,1-2H3/t21-,22+,23-,25-,29+,30-/m0/s1. The molecular formula is C30H28O10. The van der Waals surface area contributed by atoms with E-state index in [0.717, 1.165) is 0 Å². The van der Waals surface area contributed by atoms with Crippen LogP contribution in [-0.4, -0.2) is 72.4 Å². The lowest BCUT2D eigenvalue weighted by atomic mass is 9.49. The van der Waals surface area contributed by atoms with Crippen LogP contribution in [0.15, 0.2) is 72.8 Å². The molecule has 10 nitrogen and oxygen atoms in total. The van der Waals surface area contributed by atoms with Crippen molar-refractivity contribution in [3.63, 3.8) is 0 Å². The quantitative estimate of drug-likeness (QED) is 0.371. The van der Waals surface area contributed by atoms with Gasteiger partial charge in [-0.3, -0.25) is 9.59 Å². The lowest BCUT2D eigenvalue weighted by Gasteiger charge is -2.56. The molecule has 0 aromatic heterocycles. The van der Waals surface area contributed by atoms with E-state index in [-0.39, 0.29) is 11.1 Å². The van der Waals surface area contributed by atoms with Crippen molar-refractivity contribution >= 4 is 23.5 Å². The predicted octanol–water partition coefficient (Wildman–Crippen LogP) is 1.94. The summed E-state index contributed by atoms with van der Waals surface area (Å²) in [6, 6.07) is 12.2. The number of carbonyl (C=O) groups excluding carboxylic acids is 4. The first-order valence-corrected chi connectivity index (χ1v) is 12.6. The van der Waals surface area contributed by atoms with Gasteiger partial charge in [0.15, 0.2) is 22.8 Å². The summed E-state index contributed by atoms with van der Waals surface area (Å²) >= 11 is 0. The number of aliphatic hydroxyl groups is 2. The zero-order valence-electron chi connectivity index (χ0n) is 21.8. The van der Waals surface area contributed by atoms with E-state index < -0.39 is 71.6 Å². The van der Waals surface area contributed by atoms with E-state index in [9.17, 15) is 29.4 Å². The van der Waals surface area contributed by atoms with Crippen molar-refractivity contribution in [3.8, 4) is 11.5 Å². The van der Waals surface area contributed by atoms with E-state index in [2.05, 4.69) is 0 Å². The molecule has 1 saturated carbocycles. The monoisotopic (exact) mass is 548 g/mol. The van der Waals surface area contributed by atoms with Gasteiger partial charge in [-0.15, -0.1) is 0 Å². The van der Waals surface area contributed by atoms with Crippen LogP contribution < -0.4 is 9.47 Å². The van der Waals surface area contributed by atoms with Gasteiger partial charge in [-0.1, -0.05) is 18.2 Å². The molecule has 0 radical (unpaired) electrons. The van der Waals surface area contributed by atoms with Crippen molar-refractivity contribution in [2.75, 3.05) is 27.4 Å². The average molecular weight is 549 g/mol. The van der Waals surface area contributed by atoms with Gasteiger partial charge in [-0.2, -0.15) is 0 Å². The summed E-state index contributed by atoms with van der Waals surface area (Å²) in [7, 11) is 2.97. The highest BCUT2D eigenvalue weighted by Gasteiger charge is 2.66. The van der Waals surface area contributed by atoms with Crippen molar-refractivity contribution in [1.82, 2.24) is 0 Å². The summed E-state index contributed by atoms with van der Waals surface area (Å²) in [6.45, 7) is -1.39. The maximum atomic E-state index is 13.4. The van der Waals surface area contributed by atoms with Crippen LogP contribution in [0.5, 0.6) is 11.5 Å². The summed E-state index contributed by atoms with van der Waals surface area (Å²) in [6.07, 6.45) is 5.89. The predicted molar refractivity (Wildman–Crippen MR) is 139 cm³/mol. The van der Waals surface area contributed by atoms with Crippen LogP contribution in [0.25, 0.3) is 0 Å². The molecular weight excluding hydrogens is 520 g/mol. The van der Waals surface area contributed by atoms with Crippen molar-refractivity contribution < 1.29 is 48.3 Å². The highest BCUT2D eigenvalue weighted by molar-refractivity contribution is 6.01. The number of hydrogen-bond donors (Lipinski definition) is 2. The number of carbonyl (C=O) groups is 4. The fraction of sp³-hybridized carbons (Fsp3) is 0.333. The lowest BCUT2D eigenvalue weighted by molar-refractivity contribution is -0.191. The zero-order valence-corrected chi connectivity index (χ0v) is 21.8. The minimum Gasteiger partial charge on any atom is -0.497 e. The normalized spacial score (nSPS) is 30.0. The van der Waals surface area contributed by atoms with Gasteiger partial charge >= 0.3 is 11.9 Å². The van der Waals surface area contributed by atoms with E-state index in [4.69, 9.17) is 18.9 Å². The summed E-state index contributed by atoms with van der Waals surface area (Å²) < 4.78 is 20.9. The molecule has 208 valence electrons. The van der Waals surface area contributed by atoms with E-state index >= 15 is 0 Å². The third-order valence-corrected chi connectivity index (χ3v) is 7.97. The van der Waals surface area contributed by atoms with Crippen molar-refractivity contribution in [2.45, 2.75) is 11.2 Å². The molecule has 2 aromatic rings. The molecule has 0 aliphatic heterocycles. The second kappa shape index (κ2) is 10.4. The summed E-state index contributed by atoms with van der Waals surface area (Å²) in [5, 5.41) is 23.3. The molecule has 2 bridgehead atoms. The van der Waals surface area contributed by atoms with Crippen LogP contribution in [0, 0.1) is 23.7 Å². The largest absolute Gasteiger partial charge is 0.497 e. The number of ketones is 2. The minimum atomic E-state index is -2.23. The molecule has 2 N–H and O–H groups in total. The Morgan fingerprint density at radius 3 is 1.75 bits per heavy atom. The van der Waals surface area contributed by atoms with E-state index in [1.54, 1.807) is 36.4 Å². The van der Waals surface area contributed by atoms with E-state index in [1.807, 2.05) is 0 Å². The number of methoxy groups -OCH3 is 2. The summed E-state index contributed by atoms with van der Waals surface area (Å²) in [5.41, 5.74) is -4.07. The average Bonchev–Trinajstić information content (AvgIpc) is 2.99. The number of benzene rings is 2. The fourth-order valence-corrected chi connectivity index (χ4v) is 5.79. The third-order valence-electron chi connectivity index (χ3n) is 7.97. The van der Waals surface area contributed by atoms with Crippen LogP contribution in [0.3, 0.4) is 0 Å². The van der Waals surface area contributed by atoms with Gasteiger partial charge in [0.2, 0.25) is 0 Å². The Morgan fingerprint density at radius 2 is 1.25 bits per heavy atom. The highest BCUT2D eigenvalue weighted by Crippen LogP contribution is 2.54. The Kier molecular flexibility index (Phi) is 7.07. The van der Waals surface area contributed by atoms with Crippen molar-refractivity contribution in [2.24, 2.45) is 23.7 Å². The zero-order chi connectivity index (χ0) is 28.7. The lowest BCUT2D eigenvalue weighted by Crippen LogP contribution is -2.70. The van der Waals surface area contributed by atoms with Crippen LogP contribution in [0.4, 0.5) is 0 Å². The number of allylic oxidation sites excluding steroid dienone is 2. The number of esters is 2. The molecule has 6 atom stereocenters. The maximum Gasteiger partial charge on any atom is 0.338 e. The number of fused-ring (bicyclic) bond motifs is 1. The van der Waals surface area contributed by atoms with Gasteiger partial charge < -0.3 is 29.2 Å². The molecule has 10 heteroatoms. The van der Waals surface area contributed by atoms with Crippen LogP contribution >= 0.6 is 0 Å². The molecule has 0 heterocycles. The van der Waals surface area contributed by atoms with Crippen molar-refractivity contribution in [1.29, 1.82) is 0 Å². The molecule has 0 amide bonds. The number of ether oxygens (including phenoxy) is 4. The minimum absolute atomic E-state index is 0.182. The summed E-state index contributed by atoms with van der Waals surface area (Å²) in [5.74, 6) is -5.41. The number of hydrogen-bond acceptors (Lipinski definition) is 10. The molecule has 4 aliphatic carbocycles. The Bertz CT molecular complexity index is 1390. The Labute approximate surface area is 229 Å². The third kappa shape index (κ3) is 4.48. The van der Waals surface area contributed by atoms with Gasteiger partial charge in [-0.25, -0.2) is 9.59 Å². The van der Waals surface area contributed by atoms with Gasteiger partial charge in [0.05, 0.1) is 25.3 Å². The Hall–Kier alpha value is -4.28. The van der Waals surface area contributed by atoms with Gasteiger partial charge in [0, 0.05) is 17.8 Å². The fourth-order valence-electron chi connectivity index (χ4n) is 5.79. The molecule has 1 fully saturated rings. The van der Waals surface area contributed by atoms with Crippen LogP contribution in [0.1, 0.15) is 20.7 Å². The SMILES string of the molecule is COc1ccc(C(=O)OC[C@]2(O)C(=O)C=C[C@@H]3[C@H]2[C@@H]2C=C[C@H]3C(=O)[C@@]2(O)COC(=O)c2ccc(OC)cc2)cc1. The maximum absolute atomic E-state index is 13.4. The topological polar surface area (TPSA) is 146 Å². The highest BCUT2D eigenvalue weighted by atomic mass is 16.6. The van der Waals surface area contributed by atoms with Crippen molar-refractivity contribution in [3.05, 3.63) is 84.0 Å². The molecule has 6 rings (SSSR count). The first-order valence-electron chi connectivity index (χ1n) is 12.6. The summed E-state index contributed by atoms with van der Waals surface area (Å²) in [4.78, 5) is 51.8. The Morgan fingerprint density at radius 1 is 0.750 bits per heavy atom. The van der Waals surface area contributed by atoms with Gasteiger partial charge in [0.1, 0.15) is 24.7 Å². The first kappa shape index (κ1) is 27.3. The smallest absolute Gasteiger partial charge is 0.338 e. The van der Waals surface area contributed by atoms with E-state index in [0.29, 0.717) is 11.5 Å². The van der Waals surface area contributed by atoms with Crippen LogP contribution in [-0.2, 0) is 19.1 Å². The van der Waals surface area contributed by atoms with Gasteiger partial charge in [0.25, 0.3) is 0 Å². The van der Waals surface area contributed by atoms with Gasteiger partial charge in [-0.05, 0) is 60.5 Å². The molecule has 4 aliphatic rings. The second-order valence-corrected chi connectivity index (χ2v) is 10.1. The molecule has 0 saturated heterocycles. The Balaban J connectivity index is 1.37. The molecule has 0 unspecified atom stereocenters. The number of rotatable bonds is 8. The molecule has 2 aromatic carbocycles.